The van der Waals surface area contributed by atoms with Crippen molar-refractivity contribution < 1.29 is 22.7 Å². The van der Waals surface area contributed by atoms with Crippen LogP contribution in [0.3, 0.4) is 0 Å². The molecule has 0 aliphatic heterocycles. The Balaban J connectivity index is 3.03. The van der Waals surface area contributed by atoms with Crippen molar-refractivity contribution in [2.75, 3.05) is 45.3 Å². The number of carbonyl (C=O) groups is 1. The predicted octanol–water partition coefficient (Wildman–Crippen LogP) is 0.788. The van der Waals surface area contributed by atoms with Crippen LogP contribution in [-0.2, 0) is 11.3 Å². The normalized spacial score (nSPS) is 11.8. The molecule has 1 rings (SSSR count). The number of nitrogen functional groups attached to an aromatic ring is 1. The van der Waals surface area contributed by atoms with Crippen LogP contribution in [0.25, 0.3) is 0 Å². The summed E-state index contributed by atoms with van der Waals surface area (Å²) >= 11 is 0. The third kappa shape index (κ3) is 4.81. The van der Waals surface area contributed by atoms with Crippen LogP contribution in [0.5, 0.6) is 0 Å². The zero-order chi connectivity index (χ0) is 16.2. The van der Waals surface area contributed by atoms with E-state index in [1.54, 1.807) is 0 Å². The van der Waals surface area contributed by atoms with Crippen molar-refractivity contribution in [2.24, 2.45) is 0 Å². The number of methoxy groups -OCH3 is 1. The summed E-state index contributed by atoms with van der Waals surface area (Å²) in [5.41, 5.74) is 5.57. The van der Waals surface area contributed by atoms with Crippen LogP contribution in [0.4, 0.5) is 24.8 Å². The Morgan fingerprint density at radius 1 is 1.48 bits per heavy atom. The highest BCUT2D eigenvalue weighted by atomic mass is 19.4. The molecule has 0 bridgehead atoms. The van der Waals surface area contributed by atoms with Crippen LogP contribution >= 0.6 is 0 Å². The summed E-state index contributed by atoms with van der Waals surface area (Å²) in [4.78, 5) is 13.5. The number of rotatable bonds is 6. The third-order valence-electron chi connectivity index (χ3n) is 2.60. The van der Waals surface area contributed by atoms with E-state index in [0.29, 0.717) is 13.1 Å². The van der Waals surface area contributed by atoms with Gasteiger partial charge < -0.3 is 20.7 Å². The minimum Gasteiger partial charge on any atom is -0.465 e. The van der Waals surface area contributed by atoms with E-state index in [4.69, 9.17) is 5.73 Å². The number of alkyl halides is 3. The predicted molar refractivity (Wildman–Crippen MR) is 71.1 cm³/mol. The molecule has 21 heavy (non-hydrogen) atoms. The standard InChI is InChI=1S/C11H18F3N5O2/c1-18(2)4-5-19-8(15)7(10(20)21-3)9(17-19)16-6-11(12,13)14/h4-6,15H2,1-3H3,(H,16,17). The van der Waals surface area contributed by atoms with Crippen molar-refractivity contribution in [3.63, 3.8) is 0 Å². The molecule has 0 atom stereocenters. The van der Waals surface area contributed by atoms with Gasteiger partial charge in [-0.25, -0.2) is 9.48 Å². The molecule has 1 aromatic heterocycles. The third-order valence-corrected chi connectivity index (χ3v) is 2.60. The molecule has 0 aliphatic rings. The maximum absolute atomic E-state index is 12.3. The summed E-state index contributed by atoms with van der Waals surface area (Å²) in [6.07, 6.45) is -4.43. The lowest BCUT2D eigenvalue weighted by Crippen LogP contribution is -2.22. The van der Waals surface area contributed by atoms with Gasteiger partial charge in [-0.2, -0.15) is 18.3 Å². The topological polar surface area (TPSA) is 85.4 Å². The van der Waals surface area contributed by atoms with Gasteiger partial charge in [-0.1, -0.05) is 0 Å². The fraction of sp³-hybridized carbons (Fsp3) is 0.636. The number of nitrogens with two attached hydrogens (primary N) is 1. The molecule has 3 N–H and O–H groups in total. The largest absolute Gasteiger partial charge is 0.465 e. The number of hydrogen-bond acceptors (Lipinski definition) is 6. The van der Waals surface area contributed by atoms with E-state index in [9.17, 15) is 18.0 Å². The fourth-order valence-corrected chi connectivity index (χ4v) is 1.55. The highest BCUT2D eigenvalue weighted by Gasteiger charge is 2.30. The summed E-state index contributed by atoms with van der Waals surface area (Å²) in [5.74, 6) is -1.11. The first-order valence-corrected chi connectivity index (χ1v) is 6.05. The second-order valence-corrected chi connectivity index (χ2v) is 4.60. The molecular formula is C11H18F3N5O2. The highest BCUT2D eigenvalue weighted by molar-refractivity contribution is 5.99. The Kier molecular flexibility index (Phi) is 5.41. The lowest BCUT2D eigenvalue weighted by Gasteiger charge is -2.10. The van der Waals surface area contributed by atoms with Gasteiger partial charge >= 0.3 is 12.1 Å². The molecule has 0 aromatic carbocycles. The Hall–Kier alpha value is -1.97. The maximum Gasteiger partial charge on any atom is 0.405 e. The first-order valence-electron chi connectivity index (χ1n) is 6.05. The molecule has 7 nitrogen and oxygen atoms in total. The Morgan fingerprint density at radius 3 is 2.57 bits per heavy atom. The summed E-state index contributed by atoms with van der Waals surface area (Å²) in [7, 11) is 4.76. The average Bonchev–Trinajstić information content (AvgIpc) is 2.69. The summed E-state index contributed by atoms with van der Waals surface area (Å²) in [5, 5.41) is 5.97. The molecule has 0 fully saturated rings. The highest BCUT2D eigenvalue weighted by Crippen LogP contribution is 2.24. The summed E-state index contributed by atoms with van der Waals surface area (Å²) < 4.78 is 42.6. The van der Waals surface area contributed by atoms with Gasteiger partial charge in [-0.3, -0.25) is 0 Å². The number of carbonyl (C=O) groups excluding carboxylic acids is 1. The number of esters is 1. The number of aromatic nitrogens is 2. The number of nitrogens with zero attached hydrogens (tertiary/aromatic N) is 3. The van der Waals surface area contributed by atoms with Crippen LogP contribution in [0, 0.1) is 0 Å². The molecule has 0 amide bonds. The van der Waals surface area contributed by atoms with Gasteiger partial charge in [0.05, 0.1) is 13.7 Å². The van der Waals surface area contributed by atoms with E-state index < -0.39 is 18.7 Å². The molecule has 1 aromatic rings. The second-order valence-electron chi connectivity index (χ2n) is 4.60. The fourth-order valence-electron chi connectivity index (χ4n) is 1.55. The van der Waals surface area contributed by atoms with Crippen molar-refractivity contribution in [3.8, 4) is 0 Å². The smallest absolute Gasteiger partial charge is 0.405 e. The van der Waals surface area contributed by atoms with Crippen molar-refractivity contribution in [1.29, 1.82) is 0 Å². The SMILES string of the molecule is COC(=O)c1c(NCC(F)(F)F)nn(CCN(C)C)c1N. The summed E-state index contributed by atoms with van der Waals surface area (Å²) in [6, 6.07) is 0. The number of ether oxygens (including phenoxy) is 1. The number of nitrogens with one attached hydrogen (secondary N) is 1. The Morgan fingerprint density at radius 2 is 2.10 bits per heavy atom. The van der Waals surface area contributed by atoms with Gasteiger partial charge in [0.2, 0.25) is 0 Å². The molecule has 0 aliphatic carbocycles. The van der Waals surface area contributed by atoms with E-state index in [1.165, 1.54) is 4.68 Å². The second kappa shape index (κ2) is 6.66. The van der Waals surface area contributed by atoms with Gasteiger partial charge in [-0.05, 0) is 14.1 Å². The van der Waals surface area contributed by atoms with Gasteiger partial charge in [0.15, 0.2) is 5.82 Å². The Bertz CT molecular complexity index is 499. The van der Waals surface area contributed by atoms with Crippen molar-refractivity contribution in [2.45, 2.75) is 12.7 Å². The van der Waals surface area contributed by atoms with Gasteiger partial charge in [0, 0.05) is 6.54 Å². The number of halogens is 3. The van der Waals surface area contributed by atoms with Crippen LogP contribution in [0.2, 0.25) is 0 Å². The lowest BCUT2D eigenvalue weighted by atomic mass is 10.3. The van der Waals surface area contributed by atoms with Crippen molar-refractivity contribution >= 4 is 17.6 Å². The van der Waals surface area contributed by atoms with Crippen molar-refractivity contribution in [3.05, 3.63) is 5.56 Å². The molecule has 0 unspecified atom stereocenters. The minimum atomic E-state index is -4.43. The van der Waals surface area contributed by atoms with Crippen LogP contribution in [0.15, 0.2) is 0 Å². The molecule has 1 heterocycles. The maximum atomic E-state index is 12.3. The number of hydrogen-bond donors (Lipinski definition) is 2. The molecule has 0 spiro atoms. The van der Waals surface area contributed by atoms with E-state index in [0.717, 1.165) is 7.11 Å². The van der Waals surface area contributed by atoms with E-state index in [2.05, 4.69) is 15.2 Å². The minimum absolute atomic E-state index is 0.0339. The van der Waals surface area contributed by atoms with E-state index in [-0.39, 0.29) is 17.2 Å². The average molecular weight is 309 g/mol. The number of anilines is 2. The van der Waals surface area contributed by atoms with Gasteiger partial charge in [0.1, 0.15) is 17.9 Å². The number of likely N-dealkylation sites (N-methyl/N-ethyl adjacent to an activating group) is 1. The quantitative estimate of drug-likeness (QED) is 0.756. The first kappa shape index (κ1) is 17.1. The van der Waals surface area contributed by atoms with Crippen LogP contribution in [-0.4, -0.2) is 61.1 Å². The summed E-state index contributed by atoms with van der Waals surface area (Å²) in [6.45, 7) is -0.428. The molecule has 120 valence electrons. The van der Waals surface area contributed by atoms with Crippen LogP contribution in [0.1, 0.15) is 10.4 Å². The lowest BCUT2D eigenvalue weighted by molar-refractivity contribution is -0.115. The van der Waals surface area contributed by atoms with E-state index >= 15 is 0 Å². The Labute approximate surface area is 119 Å². The molecular weight excluding hydrogens is 291 g/mol. The first-order chi connectivity index (χ1) is 9.65. The molecule has 0 saturated carbocycles. The van der Waals surface area contributed by atoms with Crippen LogP contribution < -0.4 is 11.1 Å². The molecule has 0 saturated heterocycles. The molecule has 0 radical (unpaired) electrons. The zero-order valence-electron chi connectivity index (χ0n) is 12.0. The monoisotopic (exact) mass is 309 g/mol. The van der Waals surface area contributed by atoms with E-state index in [1.807, 2.05) is 19.0 Å². The molecule has 10 heteroatoms. The zero-order valence-corrected chi connectivity index (χ0v) is 12.0. The van der Waals surface area contributed by atoms with Gasteiger partial charge in [-0.15, -0.1) is 0 Å². The van der Waals surface area contributed by atoms with Crippen molar-refractivity contribution in [1.82, 2.24) is 14.7 Å². The van der Waals surface area contributed by atoms with Gasteiger partial charge in [0.25, 0.3) is 0 Å².